The normalized spacial score (nSPS) is 10.5. The molecule has 0 aliphatic heterocycles. The third kappa shape index (κ3) is 2.19. The zero-order valence-electron chi connectivity index (χ0n) is 9.32. The van der Waals surface area contributed by atoms with Gasteiger partial charge in [0.1, 0.15) is 0 Å². The third-order valence-corrected chi connectivity index (χ3v) is 3.84. The fourth-order valence-electron chi connectivity index (χ4n) is 1.52. The van der Waals surface area contributed by atoms with Gasteiger partial charge in [0.2, 0.25) is 11.7 Å². The van der Waals surface area contributed by atoms with Gasteiger partial charge in [0.05, 0.1) is 11.3 Å². The second-order valence-corrected chi connectivity index (χ2v) is 4.75. The Morgan fingerprint density at radius 3 is 2.71 bits per heavy atom. The largest absolute Gasteiger partial charge is 0.475 e. The van der Waals surface area contributed by atoms with Crippen LogP contribution in [0.1, 0.15) is 21.8 Å². The van der Waals surface area contributed by atoms with Crippen LogP contribution in [0.2, 0.25) is 0 Å². The Morgan fingerprint density at radius 2 is 2.12 bits per heavy atom. The van der Waals surface area contributed by atoms with E-state index in [4.69, 9.17) is 9.52 Å². The summed E-state index contributed by atoms with van der Waals surface area (Å²) < 4.78 is 6.30. The Bertz CT molecular complexity index is 589. The molecule has 0 bridgehead atoms. The van der Waals surface area contributed by atoms with Crippen LogP contribution in [-0.2, 0) is 0 Å². The number of hydrogen-bond donors (Lipinski definition) is 1. The van der Waals surface area contributed by atoms with Crippen LogP contribution in [0.4, 0.5) is 0 Å². The average molecular weight is 343 g/mol. The van der Waals surface area contributed by atoms with Crippen LogP contribution in [0.3, 0.4) is 0 Å². The van der Waals surface area contributed by atoms with Gasteiger partial charge in [0.15, 0.2) is 0 Å². The van der Waals surface area contributed by atoms with E-state index in [-0.39, 0.29) is 5.76 Å². The summed E-state index contributed by atoms with van der Waals surface area (Å²) in [6, 6.07) is 5.75. The Hall–Kier alpha value is -1.37. The lowest BCUT2D eigenvalue weighted by Crippen LogP contribution is -1.95. The first kappa shape index (κ1) is 12.1. The first-order valence-electron chi connectivity index (χ1n) is 4.97. The minimum Gasteiger partial charge on any atom is -0.475 e. The van der Waals surface area contributed by atoms with Gasteiger partial charge in [-0.3, -0.25) is 0 Å². The van der Waals surface area contributed by atoms with Crippen LogP contribution in [-0.4, -0.2) is 16.1 Å². The molecule has 0 atom stereocenters. The van der Waals surface area contributed by atoms with Crippen LogP contribution >= 0.6 is 22.6 Å². The molecule has 1 aromatic carbocycles. The smallest absolute Gasteiger partial charge is 0.373 e. The summed E-state index contributed by atoms with van der Waals surface area (Å²) in [5.41, 5.74) is 2.32. The van der Waals surface area contributed by atoms with Gasteiger partial charge in [-0.15, -0.1) is 0 Å². The number of benzene rings is 1. The van der Waals surface area contributed by atoms with Gasteiger partial charge in [-0.25, -0.2) is 9.78 Å². The number of carbonyl (C=O) groups is 1. The maximum atomic E-state index is 10.9. The highest BCUT2D eigenvalue weighted by atomic mass is 127. The quantitative estimate of drug-likeness (QED) is 0.851. The fourth-order valence-corrected chi connectivity index (χ4v) is 2.11. The monoisotopic (exact) mass is 343 g/mol. The summed E-state index contributed by atoms with van der Waals surface area (Å²) in [5.74, 6) is -0.839. The number of aryl methyl sites for hydroxylation is 2. The molecule has 0 aliphatic carbocycles. The number of halogens is 1. The number of carboxylic acids is 1. The molecule has 1 N–H and O–H groups in total. The summed E-state index contributed by atoms with van der Waals surface area (Å²) in [6.07, 6.45) is 0. The van der Waals surface area contributed by atoms with Crippen molar-refractivity contribution in [1.82, 2.24) is 4.98 Å². The molecular weight excluding hydrogens is 333 g/mol. The number of hydrogen-bond acceptors (Lipinski definition) is 3. The molecule has 0 unspecified atom stereocenters. The number of nitrogens with zero attached hydrogens (tertiary/aromatic N) is 1. The molecule has 0 spiro atoms. The molecule has 88 valence electrons. The van der Waals surface area contributed by atoms with Crippen LogP contribution in [0.25, 0.3) is 11.5 Å². The lowest BCUT2D eigenvalue weighted by molar-refractivity contribution is 0.0662. The van der Waals surface area contributed by atoms with E-state index < -0.39 is 5.97 Å². The molecule has 1 aromatic heterocycles. The Balaban J connectivity index is 2.58. The zero-order valence-corrected chi connectivity index (χ0v) is 11.5. The summed E-state index contributed by atoms with van der Waals surface area (Å²) in [7, 11) is 0. The maximum absolute atomic E-state index is 10.9. The van der Waals surface area contributed by atoms with Crippen molar-refractivity contribution in [3.8, 4) is 11.5 Å². The molecule has 0 radical (unpaired) electrons. The highest BCUT2D eigenvalue weighted by molar-refractivity contribution is 14.1. The molecule has 0 saturated carbocycles. The van der Waals surface area contributed by atoms with Crippen molar-refractivity contribution in [2.24, 2.45) is 0 Å². The fraction of sp³-hybridized carbons (Fsp3) is 0.167. The first-order valence-corrected chi connectivity index (χ1v) is 6.04. The summed E-state index contributed by atoms with van der Waals surface area (Å²) in [6.45, 7) is 3.61. The molecule has 0 aliphatic rings. The molecule has 2 aromatic rings. The molecule has 1 heterocycles. The van der Waals surface area contributed by atoms with Crippen LogP contribution < -0.4 is 0 Å². The van der Waals surface area contributed by atoms with Gasteiger partial charge in [0.25, 0.3) is 0 Å². The highest BCUT2D eigenvalue weighted by Crippen LogP contribution is 2.28. The topological polar surface area (TPSA) is 63.3 Å². The van der Waals surface area contributed by atoms with E-state index in [1.165, 1.54) is 0 Å². The second-order valence-electron chi connectivity index (χ2n) is 3.68. The van der Waals surface area contributed by atoms with E-state index in [0.717, 1.165) is 14.7 Å². The van der Waals surface area contributed by atoms with Gasteiger partial charge in [0, 0.05) is 3.57 Å². The highest BCUT2D eigenvalue weighted by Gasteiger charge is 2.18. The molecule has 0 amide bonds. The van der Waals surface area contributed by atoms with Crippen molar-refractivity contribution < 1.29 is 14.3 Å². The molecule has 5 heteroatoms. The van der Waals surface area contributed by atoms with E-state index >= 15 is 0 Å². The van der Waals surface area contributed by atoms with Gasteiger partial charge in [-0.2, -0.15) is 0 Å². The number of rotatable bonds is 2. The zero-order chi connectivity index (χ0) is 12.6. The number of aromatic carboxylic acids is 1. The molecule has 0 saturated heterocycles. The van der Waals surface area contributed by atoms with Crippen molar-refractivity contribution in [1.29, 1.82) is 0 Å². The van der Waals surface area contributed by atoms with Crippen molar-refractivity contribution in [3.63, 3.8) is 0 Å². The maximum Gasteiger partial charge on any atom is 0.373 e. The van der Waals surface area contributed by atoms with Crippen molar-refractivity contribution in [3.05, 3.63) is 38.8 Å². The van der Waals surface area contributed by atoms with Gasteiger partial charge < -0.3 is 9.52 Å². The summed E-state index contributed by atoms with van der Waals surface area (Å²) >= 11 is 2.20. The minimum absolute atomic E-state index is 0.0997. The van der Waals surface area contributed by atoms with Gasteiger partial charge in [-0.05, 0) is 48.1 Å². The second kappa shape index (κ2) is 4.48. The number of carboxylic acid groups (broad SMARTS) is 1. The van der Waals surface area contributed by atoms with Gasteiger partial charge in [-0.1, -0.05) is 12.1 Å². The number of aromatic nitrogens is 1. The van der Waals surface area contributed by atoms with Crippen molar-refractivity contribution in [2.45, 2.75) is 13.8 Å². The predicted molar refractivity (Wildman–Crippen MR) is 71.1 cm³/mol. The first-order chi connectivity index (χ1) is 8.00. The summed E-state index contributed by atoms with van der Waals surface area (Å²) in [4.78, 5) is 15.0. The van der Waals surface area contributed by atoms with E-state index in [1.807, 2.05) is 25.1 Å². The van der Waals surface area contributed by atoms with Crippen molar-refractivity contribution >= 4 is 28.6 Å². The van der Waals surface area contributed by atoms with Crippen LogP contribution in [0.5, 0.6) is 0 Å². The Kier molecular flexibility index (Phi) is 3.19. The predicted octanol–water partition coefficient (Wildman–Crippen LogP) is 3.26. The lowest BCUT2D eigenvalue weighted by atomic mass is 10.1. The van der Waals surface area contributed by atoms with E-state index in [1.54, 1.807) is 6.92 Å². The lowest BCUT2D eigenvalue weighted by Gasteiger charge is -2.02. The standard InChI is InChI=1S/C12H10INO3/c1-6-4-3-5-8(9(6)13)11-14-7(2)10(17-11)12(15)16/h3-5H,1-2H3,(H,15,16). The SMILES string of the molecule is Cc1cccc(-c2nc(C)c(C(=O)O)o2)c1I. The number of oxazole rings is 1. The van der Waals surface area contributed by atoms with Gasteiger partial charge >= 0.3 is 5.97 Å². The Morgan fingerprint density at radius 1 is 1.41 bits per heavy atom. The van der Waals surface area contributed by atoms with E-state index in [2.05, 4.69) is 27.6 Å². The molecule has 4 nitrogen and oxygen atoms in total. The Labute approximate surface area is 112 Å². The third-order valence-electron chi connectivity index (χ3n) is 2.41. The van der Waals surface area contributed by atoms with Crippen molar-refractivity contribution in [2.75, 3.05) is 0 Å². The minimum atomic E-state index is -1.09. The van der Waals surface area contributed by atoms with E-state index in [9.17, 15) is 4.79 Å². The van der Waals surface area contributed by atoms with Crippen LogP contribution in [0, 0.1) is 17.4 Å². The van der Waals surface area contributed by atoms with Crippen LogP contribution in [0.15, 0.2) is 22.6 Å². The molecule has 17 heavy (non-hydrogen) atoms. The van der Waals surface area contributed by atoms with E-state index in [0.29, 0.717) is 11.6 Å². The molecular formula is C12H10INO3. The molecule has 2 rings (SSSR count). The molecule has 0 fully saturated rings. The summed E-state index contributed by atoms with van der Waals surface area (Å²) in [5, 5.41) is 8.91. The average Bonchev–Trinajstić information content (AvgIpc) is 2.64.